The van der Waals surface area contributed by atoms with E-state index in [1.165, 1.54) is 6.07 Å². The number of nitrogens with one attached hydrogen (secondary N) is 2. The molecule has 1 aromatic heterocycles. The monoisotopic (exact) mass is 401 g/mol. The SMILES string of the molecule is CCNC(=NCC(O)c1cc2ccccc2s1)NCC(O)c1ccccc1F. The topological polar surface area (TPSA) is 76.9 Å². The van der Waals surface area contributed by atoms with Crippen LogP contribution in [0.25, 0.3) is 10.1 Å². The summed E-state index contributed by atoms with van der Waals surface area (Å²) in [4.78, 5) is 5.25. The molecule has 0 radical (unpaired) electrons. The van der Waals surface area contributed by atoms with Crippen LogP contribution in [0.3, 0.4) is 0 Å². The Morgan fingerprint density at radius 3 is 2.57 bits per heavy atom. The molecule has 0 spiro atoms. The molecule has 148 valence electrons. The highest BCUT2D eigenvalue weighted by Crippen LogP contribution is 2.29. The maximum Gasteiger partial charge on any atom is 0.191 e. The Bertz CT molecular complexity index is 911. The third kappa shape index (κ3) is 5.07. The third-order valence-corrected chi connectivity index (χ3v) is 5.48. The molecule has 7 heteroatoms. The van der Waals surface area contributed by atoms with E-state index in [0.29, 0.717) is 12.5 Å². The van der Waals surface area contributed by atoms with Gasteiger partial charge < -0.3 is 20.8 Å². The van der Waals surface area contributed by atoms with E-state index in [1.54, 1.807) is 29.5 Å². The highest BCUT2D eigenvalue weighted by atomic mass is 32.1. The van der Waals surface area contributed by atoms with Gasteiger partial charge in [-0.05, 0) is 30.5 Å². The summed E-state index contributed by atoms with van der Waals surface area (Å²) in [5.74, 6) is 0.0111. The molecular weight excluding hydrogens is 377 g/mol. The van der Waals surface area contributed by atoms with Gasteiger partial charge in [0.2, 0.25) is 0 Å². The normalized spacial score (nSPS) is 14.1. The van der Waals surface area contributed by atoms with Crippen LogP contribution < -0.4 is 10.6 Å². The fourth-order valence-electron chi connectivity index (χ4n) is 2.82. The predicted octanol–water partition coefficient (Wildman–Crippen LogP) is 3.36. The predicted molar refractivity (Wildman–Crippen MR) is 112 cm³/mol. The number of thiophene rings is 1. The van der Waals surface area contributed by atoms with Crippen molar-refractivity contribution in [3.63, 3.8) is 0 Å². The Hall–Kier alpha value is -2.48. The lowest BCUT2D eigenvalue weighted by Gasteiger charge is -2.16. The molecule has 0 fully saturated rings. The average Bonchev–Trinajstić information content (AvgIpc) is 3.14. The lowest BCUT2D eigenvalue weighted by Crippen LogP contribution is -2.39. The van der Waals surface area contributed by atoms with Crippen molar-refractivity contribution in [1.29, 1.82) is 0 Å². The number of guanidine groups is 1. The number of aliphatic hydroxyl groups is 2. The molecule has 1 heterocycles. The molecule has 2 aromatic carbocycles. The van der Waals surface area contributed by atoms with Gasteiger partial charge in [-0.15, -0.1) is 11.3 Å². The Kier molecular flexibility index (Phi) is 6.97. The van der Waals surface area contributed by atoms with E-state index in [4.69, 9.17) is 0 Å². The number of hydrogen-bond acceptors (Lipinski definition) is 4. The number of benzene rings is 2. The summed E-state index contributed by atoms with van der Waals surface area (Å²) in [6, 6.07) is 16.1. The van der Waals surface area contributed by atoms with Crippen molar-refractivity contribution in [1.82, 2.24) is 10.6 Å². The maximum atomic E-state index is 13.8. The van der Waals surface area contributed by atoms with Gasteiger partial charge in [-0.3, -0.25) is 4.99 Å². The minimum atomic E-state index is -1.00. The van der Waals surface area contributed by atoms with Crippen LogP contribution in [0.1, 0.15) is 29.6 Å². The van der Waals surface area contributed by atoms with Crippen molar-refractivity contribution in [2.45, 2.75) is 19.1 Å². The molecule has 5 nitrogen and oxygen atoms in total. The molecule has 0 aliphatic rings. The van der Waals surface area contributed by atoms with E-state index >= 15 is 0 Å². The number of fused-ring (bicyclic) bond motifs is 1. The fourth-order valence-corrected chi connectivity index (χ4v) is 3.87. The van der Waals surface area contributed by atoms with Crippen LogP contribution in [0.4, 0.5) is 4.39 Å². The summed E-state index contributed by atoms with van der Waals surface area (Å²) in [6.07, 6.45) is -1.72. The molecule has 2 unspecified atom stereocenters. The van der Waals surface area contributed by atoms with Crippen LogP contribution in [0, 0.1) is 5.82 Å². The number of halogens is 1. The number of aliphatic imine (C=N–C) groups is 1. The molecule has 0 amide bonds. The molecule has 28 heavy (non-hydrogen) atoms. The van der Waals surface area contributed by atoms with Crippen LogP contribution in [0.2, 0.25) is 0 Å². The van der Waals surface area contributed by atoms with Crippen LogP contribution in [0.15, 0.2) is 59.6 Å². The third-order valence-electron chi connectivity index (χ3n) is 4.27. The molecule has 0 saturated heterocycles. The second-order valence-corrected chi connectivity index (χ2v) is 7.46. The van der Waals surface area contributed by atoms with E-state index < -0.39 is 18.0 Å². The standard InChI is InChI=1S/C21H24FN3O2S/c1-2-23-21(24-12-17(26)15-8-4-5-9-16(15)22)25-13-18(27)20-11-14-7-3-6-10-19(14)28-20/h3-11,17-18,26-27H,2,12-13H2,1H3,(H2,23,24,25). The molecule has 0 aliphatic heterocycles. The summed E-state index contributed by atoms with van der Waals surface area (Å²) in [5, 5.41) is 27.9. The molecule has 0 bridgehead atoms. The van der Waals surface area contributed by atoms with Crippen LogP contribution >= 0.6 is 11.3 Å². The number of rotatable bonds is 7. The van der Waals surface area contributed by atoms with E-state index in [2.05, 4.69) is 15.6 Å². The highest BCUT2D eigenvalue weighted by molar-refractivity contribution is 7.19. The van der Waals surface area contributed by atoms with Crippen LogP contribution in [-0.4, -0.2) is 35.8 Å². The zero-order valence-electron chi connectivity index (χ0n) is 15.6. The first-order valence-corrected chi connectivity index (χ1v) is 10.0. The minimum Gasteiger partial charge on any atom is -0.386 e. The van der Waals surface area contributed by atoms with Gasteiger partial charge in [0.1, 0.15) is 11.9 Å². The highest BCUT2D eigenvalue weighted by Gasteiger charge is 2.14. The smallest absolute Gasteiger partial charge is 0.191 e. The summed E-state index contributed by atoms with van der Waals surface area (Å²) in [5.41, 5.74) is 0.233. The second kappa shape index (κ2) is 9.64. The van der Waals surface area contributed by atoms with Crippen molar-refractivity contribution >= 4 is 27.4 Å². The minimum absolute atomic E-state index is 0.103. The van der Waals surface area contributed by atoms with Crippen molar-refractivity contribution in [2.75, 3.05) is 19.6 Å². The van der Waals surface area contributed by atoms with Gasteiger partial charge >= 0.3 is 0 Å². The van der Waals surface area contributed by atoms with Gasteiger partial charge in [0.25, 0.3) is 0 Å². The first-order valence-electron chi connectivity index (χ1n) is 9.19. The van der Waals surface area contributed by atoms with E-state index in [0.717, 1.165) is 15.0 Å². The number of aliphatic hydroxyl groups excluding tert-OH is 2. The quantitative estimate of drug-likeness (QED) is 0.362. The van der Waals surface area contributed by atoms with Gasteiger partial charge in [0.05, 0.1) is 12.6 Å². The van der Waals surface area contributed by atoms with Crippen molar-refractivity contribution in [3.05, 3.63) is 70.9 Å². The van der Waals surface area contributed by atoms with Crippen LogP contribution in [0.5, 0.6) is 0 Å². The number of hydrogen-bond donors (Lipinski definition) is 4. The summed E-state index contributed by atoms with van der Waals surface area (Å²) >= 11 is 1.55. The zero-order chi connectivity index (χ0) is 19.9. The molecule has 3 rings (SSSR count). The number of nitrogens with zero attached hydrogens (tertiary/aromatic N) is 1. The summed E-state index contributed by atoms with van der Waals surface area (Å²) < 4.78 is 14.9. The lowest BCUT2D eigenvalue weighted by molar-refractivity contribution is 0.175. The Morgan fingerprint density at radius 2 is 1.82 bits per heavy atom. The van der Waals surface area contributed by atoms with Crippen molar-refractivity contribution in [3.8, 4) is 0 Å². The first-order chi connectivity index (χ1) is 13.6. The van der Waals surface area contributed by atoms with Gasteiger partial charge in [-0.1, -0.05) is 36.4 Å². The second-order valence-electron chi connectivity index (χ2n) is 6.34. The van der Waals surface area contributed by atoms with Crippen molar-refractivity contribution in [2.24, 2.45) is 4.99 Å². The van der Waals surface area contributed by atoms with Crippen molar-refractivity contribution < 1.29 is 14.6 Å². The van der Waals surface area contributed by atoms with E-state index in [1.807, 2.05) is 37.3 Å². The molecule has 2 atom stereocenters. The van der Waals surface area contributed by atoms with E-state index in [9.17, 15) is 14.6 Å². The average molecular weight is 402 g/mol. The van der Waals surface area contributed by atoms with Gasteiger partial charge in [-0.2, -0.15) is 0 Å². The van der Waals surface area contributed by atoms with Crippen LogP contribution in [-0.2, 0) is 0 Å². The fraction of sp³-hybridized carbons (Fsp3) is 0.286. The molecule has 0 aliphatic carbocycles. The first kappa shape index (κ1) is 20.3. The zero-order valence-corrected chi connectivity index (χ0v) is 16.4. The summed E-state index contributed by atoms with van der Waals surface area (Å²) in [7, 11) is 0. The molecule has 4 N–H and O–H groups in total. The largest absolute Gasteiger partial charge is 0.386 e. The van der Waals surface area contributed by atoms with E-state index in [-0.39, 0.29) is 18.7 Å². The Labute approximate surface area is 167 Å². The Morgan fingerprint density at radius 1 is 1.07 bits per heavy atom. The molecular formula is C21H24FN3O2S. The molecule has 3 aromatic rings. The Balaban J connectivity index is 1.62. The van der Waals surface area contributed by atoms with Gasteiger partial charge in [-0.25, -0.2) is 4.39 Å². The van der Waals surface area contributed by atoms with Gasteiger partial charge in [0, 0.05) is 28.2 Å². The maximum absolute atomic E-state index is 13.8. The van der Waals surface area contributed by atoms with Gasteiger partial charge in [0.15, 0.2) is 5.96 Å². The summed E-state index contributed by atoms with van der Waals surface area (Å²) in [6.45, 7) is 2.83. The lowest BCUT2D eigenvalue weighted by atomic mass is 10.1. The molecule has 0 saturated carbocycles.